The van der Waals surface area contributed by atoms with Crippen LogP contribution in [0.4, 0.5) is 16.2 Å². The van der Waals surface area contributed by atoms with Gasteiger partial charge in [-0.3, -0.25) is 4.79 Å². The van der Waals surface area contributed by atoms with Crippen molar-refractivity contribution < 1.29 is 14.3 Å². The van der Waals surface area contributed by atoms with Crippen molar-refractivity contribution in [3.63, 3.8) is 0 Å². The summed E-state index contributed by atoms with van der Waals surface area (Å²) in [6.07, 6.45) is 0.832. The van der Waals surface area contributed by atoms with Crippen LogP contribution in [0.3, 0.4) is 0 Å². The third kappa shape index (κ3) is 4.91. The van der Waals surface area contributed by atoms with Crippen LogP contribution in [0.15, 0.2) is 66.7 Å². The second-order valence-corrected chi connectivity index (χ2v) is 7.80. The Labute approximate surface area is 188 Å². The number of fused-ring (bicyclic) bond motifs is 1. The minimum absolute atomic E-state index is 0.00195. The van der Waals surface area contributed by atoms with E-state index in [9.17, 15) is 9.59 Å². The molecule has 0 atom stereocenters. The highest BCUT2D eigenvalue weighted by atomic mass is 16.5. The maximum atomic E-state index is 13.0. The molecule has 32 heavy (non-hydrogen) atoms. The largest absolute Gasteiger partial charge is 0.494 e. The number of hydrogen-bond acceptors (Lipinski definition) is 3. The number of aryl methyl sites for hydroxylation is 1. The molecule has 0 saturated heterocycles. The van der Waals surface area contributed by atoms with E-state index in [0.29, 0.717) is 30.9 Å². The number of anilines is 2. The first-order valence-electron chi connectivity index (χ1n) is 10.8. The molecule has 1 aliphatic rings. The van der Waals surface area contributed by atoms with E-state index >= 15 is 0 Å². The van der Waals surface area contributed by atoms with Crippen molar-refractivity contribution in [1.82, 2.24) is 5.32 Å². The molecule has 2 N–H and O–H groups in total. The van der Waals surface area contributed by atoms with Crippen molar-refractivity contribution in [3.05, 3.63) is 89.0 Å². The van der Waals surface area contributed by atoms with Crippen molar-refractivity contribution in [2.45, 2.75) is 26.8 Å². The maximum Gasteiger partial charge on any atom is 0.319 e. The normalized spacial score (nSPS) is 12.2. The summed E-state index contributed by atoms with van der Waals surface area (Å²) in [4.78, 5) is 27.1. The molecule has 4 rings (SSSR count). The van der Waals surface area contributed by atoms with Crippen molar-refractivity contribution in [2.24, 2.45) is 0 Å². The van der Waals surface area contributed by atoms with Crippen LogP contribution < -0.4 is 20.3 Å². The zero-order valence-electron chi connectivity index (χ0n) is 18.4. The van der Waals surface area contributed by atoms with Gasteiger partial charge in [0.25, 0.3) is 5.91 Å². The summed E-state index contributed by atoms with van der Waals surface area (Å²) in [5.41, 5.74) is 5.50. The zero-order valence-corrected chi connectivity index (χ0v) is 18.4. The predicted molar refractivity (Wildman–Crippen MR) is 126 cm³/mol. The molecule has 6 heteroatoms. The van der Waals surface area contributed by atoms with E-state index in [1.54, 1.807) is 12.1 Å². The Hall–Kier alpha value is -3.80. The minimum atomic E-state index is -0.290. The number of benzene rings is 3. The molecule has 3 aromatic rings. The highest BCUT2D eigenvalue weighted by Gasteiger charge is 2.25. The lowest BCUT2D eigenvalue weighted by atomic mass is 10.1. The van der Waals surface area contributed by atoms with Gasteiger partial charge in [0, 0.05) is 30.0 Å². The van der Waals surface area contributed by atoms with Gasteiger partial charge in [-0.1, -0.05) is 29.8 Å². The molecule has 164 valence electrons. The van der Waals surface area contributed by atoms with E-state index in [4.69, 9.17) is 4.74 Å². The molecule has 0 spiro atoms. The molecule has 0 fully saturated rings. The van der Waals surface area contributed by atoms with E-state index in [2.05, 4.69) is 10.6 Å². The predicted octanol–water partition coefficient (Wildman–Crippen LogP) is 4.92. The average molecular weight is 430 g/mol. The van der Waals surface area contributed by atoms with E-state index < -0.39 is 0 Å². The molecular weight excluding hydrogens is 402 g/mol. The molecule has 0 saturated carbocycles. The lowest BCUT2D eigenvalue weighted by molar-refractivity contribution is 0.0989. The Kier molecular flexibility index (Phi) is 6.40. The van der Waals surface area contributed by atoms with Crippen LogP contribution >= 0.6 is 0 Å². The van der Waals surface area contributed by atoms with Gasteiger partial charge in [-0.05, 0) is 73.9 Å². The van der Waals surface area contributed by atoms with Crippen molar-refractivity contribution in [1.29, 1.82) is 0 Å². The van der Waals surface area contributed by atoms with Crippen LogP contribution in [0.25, 0.3) is 0 Å². The van der Waals surface area contributed by atoms with Crippen molar-refractivity contribution in [3.8, 4) is 5.75 Å². The van der Waals surface area contributed by atoms with Gasteiger partial charge in [-0.2, -0.15) is 0 Å². The summed E-state index contributed by atoms with van der Waals surface area (Å²) in [5.74, 6) is 0.767. The first kappa shape index (κ1) is 21.4. The molecule has 6 nitrogen and oxygen atoms in total. The van der Waals surface area contributed by atoms with E-state index in [-0.39, 0.29) is 11.9 Å². The second kappa shape index (κ2) is 9.56. The maximum absolute atomic E-state index is 13.0. The number of carbonyl (C=O) groups is 2. The average Bonchev–Trinajstić information content (AvgIpc) is 3.22. The molecule has 1 heterocycles. The van der Waals surface area contributed by atoms with Crippen LogP contribution in [0.5, 0.6) is 5.75 Å². The number of amides is 3. The summed E-state index contributed by atoms with van der Waals surface area (Å²) in [6.45, 7) is 5.56. The van der Waals surface area contributed by atoms with Crippen LogP contribution in [0.1, 0.15) is 34.0 Å². The van der Waals surface area contributed by atoms with E-state index in [0.717, 1.165) is 34.5 Å². The number of urea groups is 1. The molecule has 0 bridgehead atoms. The minimum Gasteiger partial charge on any atom is -0.494 e. The number of nitrogens with one attached hydrogen (secondary N) is 2. The van der Waals surface area contributed by atoms with Gasteiger partial charge in [-0.25, -0.2) is 4.79 Å². The Morgan fingerprint density at radius 3 is 2.47 bits per heavy atom. The van der Waals surface area contributed by atoms with Gasteiger partial charge < -0.3 is 20.3 Å². The van der Waals surface area contributed by atoms with Gasteiger partial charge >= 0.3 is 6.03 Å². The summed E-state index contributed by atoms with van der Waals surface area (Å²) in [7, 11) is 0. The fourth-order valence-electron chi connectivity index (χ4n) is 3.76. The van der Waals surface area contributed by atoms with Crippen molar-refractivity contribution >= 4 is 23.3 Å². The summed E-state index contributed by atoms with van der Waals surface area (Å²) >= 11 is 0. The third-order valence-electron chi connectivity index (χ3n) is 5.47. The van der Waals surface area contributed by atoms with Gasteiger partial charge in [0.2, 0.25) is 0 Å². The third-order valence-corrected chi connectivity index (χ3v) is 5.47. The zero-order chi connectivity index (χ0) is 22.5. The molecule has 3 amide bonds. The standard InChI is InChI=1S/C26H27N3O3/c1-3-32-23-12-10-22(11-13-23)28-26(31)27-17-19-6-9-20-14-15-29(24(20)16-19)25(30)21-7-4-18(2)5-8-21/h4-13,16H,3,14-15,17H2,1-2H3,(H2,27,28,31). The number of carbonyl (C=O) groups excluding carboxylic acids is 2. The van der Waals surface area contributed by atoms with Crippen LogP contribution in [-0.2, 0) is 13.0 Å². The first-order valence-corrected chi connectivity index (χ1v) is 10.8. The van der Waals surface area contributed by atoms with E-state index in [1.165, 1.54) is 0 Å². The number of hydrogen-bond donors (Lipinski definition) is 2. The van der Waals surface area contributed by atoms with E-state index in [1.807, 2.05) is 73.3 Å². The van der Waals surface area contributed by atoms with Gasteiger partial charge in [0.15, 0.2) is 0 Å². The topological polar surface area (TPSA) is 70.7 Å². The van der Waals surface area contributed by atoms with Crippen LogP contribution in [0.2, 0.25) is 0 Å². The molecule has 1 aliphatic heterocycles. The number of ether oxygens (including phenoxy) is 1. The molecular formula is C26H27N3O3. The molecule has 0 radical (unpaired) electrons. The fourth-order valence-corrected chi connectivity index (χ4v) is 3.76. The lowest BCUT2D eigenvalue weighted by Crippen LogP contribution is -2.29. The Morgan fingerprint density at radius 2 is 1.75 bits per heavy atom. The Balaban J connectivity index is 1.38. The fraction of sp³-hybridized carbons (Fsp3) is 0.231. The Bertz CT molecular complexity index is 1110. The lowest BCUT2D eigenvalue weighted by Gasteiger charge is -2.18. The second-order valence-electron chi connectivity index (χ2n) is 7.80. The smallest absolute Gasteiger partial charge is 0.319 e. The van der Waals surface area contributed by atoms with Crippen molar-refractivity contribution in [2.75, 3.05) is 23.4 Å². The summed E-state index contributed by atoms with van der Waals surface area (Å²) < 4.78 is 5.41. The monoisotopic (exact) mass is 429 g/mol. The SMILES string of the molecule is CCOc1ccc(NC(=O)NCc2ccc3c(c2)N(C(=O)c2ccc(C)cc2)CC3)cc1. The molecule has 0 aromatic heterocycles. The highest BCUT2D eigenvalue weighted by molar-refractivity contribution is 6.07. The first-order chi connectivity index (χ1) is 15.5. The van der Waals surface area contributed by atoms with Crippen LogP contribution in [0, 0.1) is 6.92 Å². The summed E-state index contributed by atoms with van der Waals surface area (Å²) in [5, 5.41) is 5.69. The number of rotatable bonds is 6. The van der Waals surface area contributed by atoms with Crippen LogP contribution in [-0.4, -0.2) is 25.1 Å². The van der Waals surface area contributed by atoms with Gasteiger partial charge in [0.05, 0.1) is 6.61 Å². The number of nitrogens with zero attached hydrogens (tertiary/aromatic N) is 1. The van der Waals surface area contributed by atoms with Gasteiger partial charge in [0.1, 0.15) is 5.75 Å². The molecule has 3 aromatic carbocycles. The van der Waals surface area contributed by atoms with Gasteiger partial charge in [-0.15, -0.1) is 0 Å². The quantitative estimate of drug-likeness (QED) is 0.584. The molecule has 0 aliphatic carbocycles. The molecule has 0 unspecified atom stereocenters. The Morgan fingerprint density at radius 1 is 1.00 bits per heavy atom. The summed E-state index contributed by atoms with van der Waals surface area (Å²) in [6, 6.07) is 20.6. The highest BCUT2D eigenvalue weighted by Crippen LogP contribution is 2.30.